The number of hydrogen-bond acceptors (Lipinski definition) is 5. The average molecular weight is 357 g/mol. The van der Waals surface area contributed by atoms with Crippen LogP contribution in [0.3, 0.4) is 0 Å². The van der Waals surface area contributed by atoms with E-state index in [1.165, 1.54) is 25.0 Å². The van der Waals surface area contributed by atoms with Gasteiger partial charge in [-0.1, -0.05) is 0 Å². The summed E-state index contributed by atoms with van der Waals surface area (Å²) in [6, 6.07) is 1.94. The monoisotopic (exact) mass is 357 g/mol. The molecule has 0 radical (unpaired) electrons. The summed E-state index contributed by atoms with van der Waals surface area (Å²) >= 11 is 0. The molecule has 0 atom stereocenters. The molecule has 1 aromatic heterocycles. The average Bonchev–Trinajstić information content (AvgIpc) is 3.01. The fourth-order valence-corrected chi connectivity index (χ4v) is 4.20. The maximum absolute atomic E-state index is 12.9. The Hall–Kier alpha value is -2.57. The van der Waals surface area contributed by atoms with E-state index in [-0.39, 0.29) is 12.2 Å². The summed E-state index contributed by atoms with van der Waals surface area (Å²) in [6.45, 7) is 5.02. The Bertz CT molecular complexity index is 876. The van der Waals surface area contributed by atoms with Crippen LogP contribution < -0.4 is 5.56 Å². The van der Waals surface area contributed by atoms with Crippen LogP contribution in [0.15, 0.2) is 27.1 Å². The summed E-state index contributed by atoms with van der Waals surface area (Å²) in [5, 5.41) is 8.73. The van der Waals surface area contributed by atoms with Crippen molar-refractivity contribution in [3.05, 3.63) is 44.5 Å². The number of pyridine rings is 1. The van der Waals surface area contributed by atoms with E-state index in [0.29, 0.717) is 12.1 Å². The Labute approximate surface area is 151 Å². The molecule has 1 N–H and O–H groups in total. The summed E-state index contributed by atoms with van der Waals surface area (Å²) in [7, 11) is 0. The van der Waals surface area contributed by atoms with Gasteiger partial charge >= 0.3 is 6.16 Å². The summed E-state index contributed by atoms with van der Waals surface area (Å²) in [5.41, 5.74) is 5.24. The summed E-state index contributed by atoms with van der Waals surface area (Å²) in [6.07, 6.45) is 3.27. The summed E-state index contributed by atoms with van der Waals surface area (Å²) in [4.78, 5) is 30.8. The number of rotatable bonds is 3. The zero-order valence-electron chi connectivity index (χ0n) is 15.0. The molecule has 3 aliphatic heterocycles. The molecule has 1 saturated heterocycles. The largest absolute Gasteiger partial charge is 0.506 e. The van der Waals surface area contributed by atoms with Crippen molar-refractivity contribution in [3.63, 3.8) is 0 Å². The minimum Gasteiger partial charge on any atom is -0.450 e. The minimum atomic E-state index is -1.37. The van der Waals surface area contributed by atoms with E-state index in [4.69, 9.17) is 10.1 Å². The van der Waals surface area contributed by atoms with Gasteiger partial charge in [0.1, 0.15) is 6.61 Å². The molecule has 1 aromatic rings. The van der Waals surface area contributed by atoms with Gasteiger partial charge in [-0.3, -0.25) is 9.79 Å². The van der Waals surface area contributed by atoms with Crippen LogP contribution >= 0.6 is 0 Å². The number of hydrogen-bond donors (Lipinski definition) is 1. The van der Waals surface area contributed by atoms with Gasteiger partial charge in [0.2, 0.25) is 0 Å². The maximum Gasteiger partial charge on any atom is 0.506 e. The lowest BCUT2D eigenvalue weighted by Gasteiger charge is -2.33. The minimum absolute atomic E-state index is 0.177. The van der Waals surface area contributed by atoms with Gasteiger partial charge in [0, 0.05) is 37.3 Å². The molecule has 0 aliphatic carbocycles. The lowest BCUT2D eigenvalue weighted by molar-refractivity contribution is 0.0848. The fourth-order valence-electron chi connectivity index (χ4n) is 4.20. The Morgan fingerprint density at radius 2 is 2.08 bits per heavy atom. The number of allylic oxidation sites excluding steroid dienone is 1. The van der Waals surface area contributed by atoms with Crippen LogP contribution in [0.25, 0.3) is 0 Å². The van der Waals surface area contributed by atoms with Crippen molar-refractivity contribution < 1.29 is 14.6 Å². The lowest BCUT2D eigenvalue weighted by atomic mass is 9.99. The molecule has 0 bridgehead atoms. The third-order valence-corrected chi connectivity index (χ3v) is 5.51. The predicted molar refractivity (Wildman–Crippen MR) is 96.7 cm³/mol. The second-order valence-electron chi connectivity index (χ2n) is 7.09. The lowest BCUT2D eigenvalue weighted by Crippen LogP contribution is -2.32. The fraction of sp³-hybridized carbons (Fsp3) is 0.526. The Morgan fingerprint density at radius 3 is 2.81 bits per heavy atom. The second-order valence-corrected chi connectivity index (χ2v) is 7.09. The number of dihydropyridines is 1. The molecule has 0 spiro atoms. The van der Waals surface area contributed by atoms with Crippen LogP contribution in [-0.4, -0.2) is 46.1 Å². The molecule has 26 heavy (non-hydrogen) atoms. The highest BCUT2D eigenvalue weighted by Gasteiger charge is 2.32. The van der Waals surface area contributed by atoms with Crippen LogP contribution in [0, 0.1) is 6.92 Å². The maximum atomic E-state index is 12.9. The van der Waals surface area contributed by atoms with E-state index in [0.717, 1.165) is 48.6 Å². The first-order valence-electron chi connectivity index (χ1n) is 9.17. The highest BCUT2D eigenvalue weighted by molar-refractivity contribution is 6.14. The number of piperidine rings is 1. The number of ether oxygens (including phenoxy) is 1. The number of carbonyl (C=O) groups is 1. The molecule has 4 rings (SSSR count). The van der Waals surface area contributed by atoms with Gasteiger partial charge in [-0.25, -0.2) is 4.79 Å². The van der Waals surface area contributed by atoms with Crippen LogP contribution in [0.5, 0.6) is 0 Å². The quantitative estimate of drug-likeness (QED) is 0.839. The molecule has 0 amide bonds. The number of carboxylic acid groups (broad SMARTS) is 1. The first-order chi connectivity index (χ1) is 12.6. The van der Waals surface area contributed by atoms with Gasteiger partial charge in [0.25, 0.3) is 5.56 Å². The molecule has 138 valence electrons. The van der Waals surface area contributed by atoms with Crippen molar-refractivity contribution in [2.75, 3.05) is 19.6 Å². The first-order valence-corrected chi connectivity index (χ1v) is 9.17. The first kappa shape index (κ1) is 16.9. The van der Waals surface area contributed by atoms with Gasteiger partial charge < -0.3 is 19.3 Å². The zero-order valence-corrected chi connectivity index (χ0v) is 15.0. The van der Waals surface area contributed by atoms with Crippen LogP contribution in [-0.2, 0) is 17.9 Å². The van der Waals surface area contributed by atoms with E-state index in [2.05, 4.69) is 9.64 Å². The van der Waals surface area contributed by atoms with Gasteiger partial charge in [-0.05, 0) is 37.8 Å². The van der Waals surface area contributed by atoms with Crippen molar-refractivity contribution in [2.24, 2.45) is 4.99 Å². The normalized spacial score (nSPS) is 19.1. The number of nitrogens with zero attached hydrogens (tertiary/aromatic N) is 3. The number of fused-ring (bicyclic) bond motifs is 3. The number of aromatic nitrogens is 1. The molecule has 7 nitrogen and oxygen atoms in total. The molecule has 7 heteroatoms. The van der Waals surface area contributed by atoms with E-state index in [1.54, 1.807) is 4.57 Å². The molecule has 0 unspecified atom stereocenters. The van der Waals surface area contributed by atoms with Gasteiger partial charge in [-0.15, -0.1) is 0 Å². The van der Waals surface area contributed by atoms with Gasteiger partial charge in [-0.2, -0.15) is 0 Å². The highest BCUT2D eigenvalue weighted by Crippen LogP contribution is 2.31. The van der Waals surface area contributed by atoms with E-state index in [1.807, 2.05) is 13.0 Å². The van der Waals surface area contributed by atoms with Crippen LogP contribution in [0.4, 0.5) is 4.79 Å². The van der Waals surface area contributed by atoms with Gasteiger partial charge in [0.15, 0.2) is 0 Å². The topological polar surface area (TPSA) is 84.1 Å². The van der Waals surface area contributed by atoms with Gasteiger partial charge in [0.05, 0.1) is 23.5 Å². The molecule has 3 aliphatic rings. The van der Waals surface area contributed by atoms with Crippen molar-refractivity contribution in [1.29, 1.82) is 0 Å². The highest BCUT2D eigenvalue weighted by atomic mass is 16.7. The SMILES string of the molecule is Cc1cc2n(c(=O)c1COC(=O)O)CC1=C(N3CCCCC3)CCN=C12. The molecule has 1 fully saturated rings. The standard InChI is InChI=1S/C19H23N3O4/c1-12-9-16-17-13(10-22(16)18(23)14(12)11-26-19(24)25)15(5-6-20-17)21-7-3-2-4-8-21/h9H,2-8,10-11H2,1H3,(H,24,25). The molecule has 0 aromatic carbocycles. The van der Waals surface area contributed by atoms with Crippen molar-refractivity contribution >= 4 is 11.9 Å². The van der Waals surface area contributed by atoms with Crippen molar-refractivity contribution in [2.45, 2.75) is 45.8 Å². The molecular formula is C19H23N3O4. The van der Waals surface area contributed by atoms with E-state index in [9.17, 15) is 9.59 Å². The second kappa shape index (κ2) is 6.63. The number of aliphatic imine (C=N–C) groups is 1. The third kappa shape index (κ3) is 2.81. The predicted octanol–water partition coefficient (Wildman–Crippen LogP) is 2.30. The molecule has 4 heterocycles. The van der Waals surface area contributed by atoms with E-state index >= 15 is 0 Å². The number of aryl methyl sites for hydroxylation is 1. The van der Waals surface area contributed by atoms with Crippen LogP contribution in [0.1, 0.15) is 42.5 Å². The van der Waals surface area contributed by atoms with Crippen molar-refractivity contribution in [3.8, 4) is 0 Å². The molecule has 0 saturated carbocycles. The zero-order chi connectivity index (χ0) is 18.3. The van der Waals surface area contributed by atoms with Crippen LogP contribution in [0.2, 0.25) is 0 Å². The Kier molecular flexibility index (Phi) is 4.30. The Morgan fingerprint density at radius 1 is 1.31 bits per heavy atom. The number of likely N-dealkylation sites (tertiary alicyclic amines) is 1. The van der Waals surface area contributed by atoms with Crippen molar-refractivity contribution in [1.82, 2.24) is 9.47 Å². The summed E-state index contributed by atoms with van der Waals surface area (Å²) in [5.74, 6) is 0. The third-order valence-electron chi connectivity index (χ3n) is 5.51. The smallest absolute Gasteiger partial charge is 0.450 e. The summed E-state index contributed by atoms with van der Waals surface area (Å²) < 4.78 is 6.36. The van der Waals surface area contributed by atoms with E-state index < -0.39 is 6.16 Å². The molecular weight excluding hydrogens is 334 g/mol. The Balaban J connectivity index is 1.74.